The SMILES string of the molecule is COc1cc(/C=C/C(=O)OCC(=O)NC(=O)c2ccccc2)cc(OC)c1. The Morgan fingerprint density at radius 2 is 1.59 bits per heavy atom. The summed E-state index contributed by atoms with van der Waals surface area (Å²) in [6, 6.07) is 13.4. The molecule has 0 saturated heterocycles. The van der Waals surface area contributed by atoms with Crippen molar-refractivity contribution in [1.82, 2.24) is 5.32 Å². The van der Waals surface area contributed by atoms with Gasteiger partial charge < -0.3 is 14.2 Å². The molecule has 0 aromatic heterocycles. The summed E-state index contributed by atoms with van der Waals surface area (Å²) < 4.78 is 15.1. The highest BCUT2D eigenvalue weighted by Crippen LogP contribution is 2.23. The maximum absolute atomic E-state index is 11.8. The molecule has 0 unspecified atom stereocenters. The average Bonchev–Trinajstić information content (AvgIpc) is 2.70. The van der Waals surface area contributed by atoms with E-state index in [2.05, 4.69) is 5.32 Å². The highest BCUT2D eigenvalue weighted by atomic mass is 16.5. The van der Waals surface area contributed by atoms with Crippen LogP contribution in [0.15, 0.2) is 54.6 Å². The Labute approximate surface area is 156 Å². The standard InChI is InChI=1S/C20H19NO6/c1-25-16-10-14(11-17(12-16)26-2)8-9-19(23)27-13-18(22)21-20(24)15-6-4-3-5-7-15/h3-12H,13H2,1-2H3,(H,21,22,24)/b9-8+. The van der Waals surface area contributed by atoms with Gasteiger partial charge in [0.15, 0.2) is 6.61 Å². The first-order valence-corrected chi connectivity index (χ1v) is 7.99. The first-order valence-electron chi connectivity index (χ1n) is 7.99. The van der Waals surface area contributed by atoms with Crippen molar-refractivity contribution in [2.24, 2.45) is 0 Å². The minimum atomic E-state index is -0.723. The number of methoxy groups -OCH3 is 2. The number of ether oxygens (including phenoxy) is 3. The number of carbonyl (C=O) groups is 3. The number of benzene rings is 2. The first-order chi connectivity index (χ1) is 13.0. The summed E-state index contributed by atoms with van der Waals surface area (Å²) in [5.41, 5.74) is 0.996. The lowest BCUT2D eigenvalue weighted by Crippen LogP contribution is -2.33. The van der Waals surface area contributed by atoms with Crippen LogP contribution in [0.5, 0.6) is 11.5 Å². The van der Waals surface area contributed by atoms with Gasteiger partial charge in [-0.15, -0.1) is 0 Å². The molecule has 2 aromatic rings. The minimum Gasteiger partial charge on any atom is -0.497 e. The molecule has 0 aliphatic carbocycles. The predicted octanol–water partition coefficient (Wildman–Crippen LogP) is 2.22. The largest absolute Gasteiger partial charge is 0.497 e. The van der Waals surface area contributed by atoms with Crippen LogP contribution in [-0.4, -0.2) is 38.6 Å². The Bertz CT molecular complexity index is 823. The van der Waals surface area contributed by atoms with Gasteiger partial charge in [0, 0.05) is 17.7 Å². The van der Waals surface area contributed by atoms with Crippen molar-refractivity contribution in [3.05, 3.63) is 65.7 Å². The molecule has 0 radical (unpaired) electrons. The molecule has 0 saturated carbocycles. The molecule has 1 N–H and O–H groups in total. The second kappa shape index (κ2) is 9.76. The van der Waals surface area contributed by atoms with Gasteiger partial charge in [0.05, 0.1) is 14.2 Å². The zero-order valence-electron chi connectivity index (χ0n) is 14.9. The van der Waals surface area contributed by atoms with Crippen LogP contribution in [0, 0.1) is 0 Å². The van der Waals surface area contributed by atoms with Crippen molar-refractivity contribution in [3.8, 4) is 11.5 Å². The van der Waals surface area contributed by atoms with E-state index in [1.165, 1.54) is 26.4 Å². The zero-order valence-corrected chi connectivity index (χ0v) is 14.9. The van der Waals surface area contributed by atoms with Gasteiger partial charge >= 0.3 is 5.97 Å². The van der Waals surface area contributed by atoms with Crippen LogP contribution in [0.2, 0.25) is 0 Å². The van der Waals surface area contributed by atoms with Gasteiger partial charge in [-0.2, -0.15) is 0 Å². The van der Waals surface area contributed by atoms with Crippen molar-refractivity contribution in [3.63, 3.8) is 0 Å². The number of carbonyl (C=O) groups excluding carboxylic acids is 3. The van der Waals surface area contributed by atoms with Gasteiger partial charge in [-0.05, 0) is 35.9 Å². The smallest absolute Gasteiger partial charge is 0.331 e. The molecule has 0 heterocycles. The van der Waals surface area contributed by atoms with Gasteiger partial charge in [-0.1, -0.05) is 18.2 Å². The number of nitrogens with one attached hydrogen (secondary N) is 1. The summed E-state index contributed by atoms with van der Waals surface area (Å²) in [6.07, 6.45) is 2.67. The van der Waals surface area contributed by atoms with Crippen molar-refractivity contribution in [2.45, 2.75) is 0 Å². The number of rotatable bonds is 7. The van der Waals surface area contributed by atoms with E-state index in [1.807, 2.05) is 0 Å². The molecule has 2 amide bonds. The van der Waals surface area contributed by atoms with Crippen molar-refractivity contribution in [1.29, 1.82) is 0 Å². The number of hydrogen-bond acceptors (Lipinski definition) is 6. The van der Waals surface area contributed by atoms with Crippen LogP contribution in [-0.2, 0) is 14.3 Å². The van der Waals surface area contributed by atoms with Crippen molar-refractivity contribution < 1.29 is 28.6 Å². The third-order valence-corrected chi connectivity index (χ3v) is 3.42. The Hall–Kier alpha value is -3.61. The summed E-state index contributed by atoms with van der Waals surface area (Å²) in [7, 11) is 3.04. The van der Waals surface area contributed by atoms with Crippen LogP contribution in [0.4, 0.5) is 0 Å². The summed E-state index contributed by atoms with van der Waals surface area (Å²) >= 11 is 0. The molecule has 7 nitrogen and oxygen atoms in total. The summed E-state index contributed by atoms with van der Waals surface area (Å²) in [5, 5.41) is 2.14. The van der Waals surface area contributed by atoms with Gasteiger partial charge in [0.1, 0.15) is 11.5 Å². The third-order valence-electron chi connectivity index (χ3n) is 3.42. The maximum atomic E-state index is 11.8. The molecule has 0 aliphatic heterocycles. The summed E-state index contributed by atoms with van der Waals surface area (Å²) in [6.45, 7) is -0.566. The summed E-state index contributed by atoms with van der Waals surface area (Å²) in [5.74, 6) is -0.856. The summed E-state index contributed by atoms with van der Waals surface area (Å²) in [4.78, 5) is 35.3. The van der Waals surface area contributed by atoms with Gasteiger partial charge in [-0.3, -0.25) is 14.9 Å². The predicted molar refractivity (Wildman–Crippen MR) is 98.5 cm³/mol. The Morgan fingerprint density at radius 3 is 2.19 bits per heavy atom. The van der Waals surface area contributed by atoms with Crippen LogP contribution in [0.1, 0.15) is 15.9 Å². The second-order valence-electron chi connectivity index (χ2n) is 5.33. The van der Waals surface area contributed by atoms with Gasteiger partial charge in [0.2, 0.25) is 0 Å². The molecule has 7 heteroatoms. The average molecular weight is 369 g/mol. The highest BCUT2D eigenvalue weighted by molar-refractivity contribution is 6.05. The fourth-order valence-electron chi connectivity index (χ4n) is 2.10. The van der Waals surface area contributed by atoms with E-state index >= 15 is 0 Å². The lowest BCUT2D eigenvalue weighted by atomic mass is 10.2. The number of amides is 2. The van der Waals surface area contributed by atoms with Gasteiger partial charge in [-0.25, -0.2) is 4.79 Å². The second-order valence-corrected chi connectivity index (χ2v) is 5.33. The molecule has 0 bridgehead atoms. The fraction of sp³-hybridized carbons (Fsp3) is 0.150. The highest BCUT2D eigenvalue weighted by Gasteiger charge is 2.11. The van der Waals surface area contributed by atoms with E-state index in [4.69, 9.17) is 14.2 Å². The molecule has 0 fully saturated rings. The van der Waals surface area contributed by atoms with Crippen LogP contribution in [0.25, 0.3) is 6.08 Å². The van der Waals surface area contributed by atoms with Crippen molar-refractivity contribution >= 4 is 23.9 Å². The molecule has 0 atom stereocenters. The monoisotopic (exact) mass is 369 g/mol. The van der Waals surface area contributed by atoms with Crippen LogP contribution >= 0.6 is 0 Å². The van der Waals surface area contributed by atoms with Crippen molar-refractivity contribution in [2.75, 3.05) is 20.8 Å². The quantitative estimate of drug-likeness (QED) is 0.594. The molecule has 0 aliphatic rings. The van der Waals surface area contributed by atoms with E-state index < -0.39 is 24.4 Å². The molecule has 0 spiro atoms. The van der Waals surface area contributed by atoms with E-state index in [9.17, 15) is 14.4 Å². The lowest BCUT2D eigenvalue weighted by Gasteiger charge is -2.06. The topological polar surface area (TPSA) is 90.9 Å². The molecular formula is C20H19NO6. The van der Waals surface area contributed by atoms with Crippen LogP contribution in [0.3, 0.4) is 0 Å². The number of imide groups is 1. The molecule has 140 valence electrons. The Morgan fingerprint density at radius 1 is 0.963 bits per heavy atom. The van der Waals surface area contributed by atoms with Crippen LogP contribution < -0.4 is 14.8 Å². The fourth-order valence-corrected chi connectivity index (χ4v) is 2.10. The molecule has 2 aromatic carbocycles. The van der Waals surface area contributed by atoms with Gasteiger partial charge in [0.25, 0.3) is 11.8 Å². The Kier molecular flexibility index (Phi) is 7.13. The normalized spacial score (nSPS) is 10.3. The van der Waals surface area contributed by atoms with E-state index in [-0.39, 0.29) is 0 Å². The minimum absolute atomic E-state index is 0.337. The number of hydrogen-bond donors (Lipinski definition) is 1. The molecular weight excluding hydrogens is 350 g/mol. The van der Waals surface area contributed by atoms with E-state index in [0.717, 1.165) is 0 Å². The first kappa shape index (κ1) is 19.7. The third kappa shape index (κ3) is 6.32. The van der Waals surface area contributed by atoms with E-state index in [0.29, 0.717) is 22.6 Å². The molecule has 2 rings (SSSR count). The maximum Gasteiger partial charge on any atom is 0.331 e. The zero-order chi connectivity index (χ0) is 19.6. The lowest BCUT2D eigenvalue weighted by molar-refractivity contribution is -0.143. The Balaban J connectivity index is 1.86. The van der Waals surface area contributed by atoms with E-state index in [1.54, 1.807) is 48.5 Å². The number of esters is 1. The molecule has 27 heavy (non-hydrogen) atoms.